The SMILES string of the molecule is C=CC1=C(C=C)[C@H](c2ccc(F)cc2)N(C=O)CC1.C[C@H]1CCCCO1. The number of ether oxygens (including phenoxy) is 1. The van der Waals surface area contributed by atoms with Crippen LogP contribution in [0.3, 0.4) is 0 Å². The lowest BCUT2D eigenvalue weighted by Crippen LogP contribution is -2.33. The van der Waals surface area contributed by atoms with Crippen LogP contribution in [0.1, 0.15) is 44.2 Å². The lowest BCUT2D eigenvalue weighted by molar-refractivity contribution is -0.119. The number of carbonyl (C=O) groups excluding carboxylic acids is 1. The van der Waals surface area contributed by atoms with Crippen molar-refractivity contribution in [1.29, 1.82) is 0 Å². The second-order valence-corrected chi connectivity index (χ2v) is 6.61. The summed E-state index contributed by atoms with van der Waals surface area (Å²) in [4.78, 5) is 12.9. The molecule has 0 saturated carbocycles. The maximum atomic E-state index is 13.0. The van der Waals surface area contributed by atoms with Crippen molar-refractivity contribution in [3.63, 3.8) is 0 Å². The van der Waals surface area contributed by atoms with Crippen LogP contribution in [0.15, 0.2) is 60.7 Å². The first-order chi connectivity index (χ1) is 12.6. The molecule has 0 N–H and O–H groups in total. The number of benzene rings is 1. The van der Waals surface area contributed by atoms with Crippen molar-refractivity contribution in [1.82, 2.24) is 4.90 Å². The summed E-state index contributed by atoms with van der Waals surface area (Å²) in [6.07, 6.45) is 9.58. The Bertz CT molecular complexity index is 645. The number of allylic oxidation sites excluding steroid dienone is 1. The number of amides is 1. The zero-order valence-electron chi connectivity index (χ0n) is 15.5. The molecule has 2 heterocycles. The average molecular weight is 357 g/mol. The second-order valence-electron chi connectivity index (χ2n) is 6.61. The summed E-state index contributed by atoms with van der Waals surface area (Å²) in [5.74, 6) is -0.287. The Morgan fingerprint density at radius 3 is 2.38 bits per heavy atom. The lowest BCUT2D eigenvalue weighted by atomic mass is 9.88. The van der Waals surface area contributed by atoms with Gasteiger partial charge in [-0.05, 0) is 61.4 Å². The van der Waals surface area contributed by atoms with Crippen LogP contribution in [0.4, 0.5) is 4.39 Å². The molecule has 2 aliphatic rings. The Labute approximate surface area is 155 Å². The van der Waals surface area contributed by atoms with Crippen LogP contribution < -0.4 is 0 Å². The highest BCUT2D eigenvalue weighted by atomic mass is 19.1. The number of halogens is 1. The van der Waals surface area contributed by atoms with Gasteiger partial charge in [0, 0.05) is 13.2 Å². The molecule has 2 atom stereocenters. The van der Waals surface area contributed by atoms with Crippen LogP contribution in [0.25, 0.3) is 0 Å². The molecule has 1 amide bonds. The van der Waals surface area contributed by atoms with E-state index in [1.54, 1.807) is 29.2 Å². The van der Waals surface area contributed by atoms with Gasteiger partial charge >= 0.3 is 0 Å². The van der Waals surface area contributed by atoms with Crippen LogP contribution in [-0.2, 0) is 9.53 Å². The van der Waals surface area contributed by atoms with Crippen LogP contribution in [0.2, 0.25) is 0 Å². The summed E-state index contributed by atoms with van der Waals surface area (Å²) in [5.41, 5.74) is 2.92. The summed E-state index contributed by atoms with van der Waals surface area (Å²) >= 11 is 0. The normalized spacial score (nSPS) is 22.9. The fourth-order valence-electron chi connectivity index (χ4n) is 3.37. The zero-order valence-corrected chi connectivity index (χ0v) is 15.5. The van der Waals surface area contributed by atoms with Gasteiger partial charge in [0.25, 0.3) is 0 Å². The largest absolute Gasteiger partial charge is 0.379 e. The van der Waals surface area contributed by atoms with E-state index in [-0.39, 0.29) is 11.9 Å². The topological polar surface area (TPSA) is 29.5 Å². The predicted octanol–water partition coefficient (Wildman–Crippen LogP) is 4.97. The van der Waals surface area contributed by atoms with Crippen molar-refractivity contribution in [3.8, 4) is 0 Å². The first-order valence-electron chi connectivity index (χ1n) is 9.16. The molecule has 0 radical (unpaired) electrons. The molecule has 2 aliphatic heterocycles. The molecule has 3 rings (SSSR count). The number of hydrogen-bond donors (Lipinski definition) is 0. The highest BCUT2D eigenvalue weighted by molar-refractivity contribution is 5.55. The number of carbonyl (C=O) groups is 1. The summed E-state index contributed by atoms with van der Waals surface area (Å²) in [7, 11) is 0. The van der Waals surface area contributed by atoms with E-state index >= 15 is 0 Å². The zero-order chi connectivity index (χ0) is 18.9. The van der Waals surface area contributed by atoms with E-state index in [9.17, 15) is 9.18 Å². The third-order valence-electron chi connectivity index (χ3n) is 4.83. The molecule has 1 aromatic carbocycles. The smallest absolute Gasteiger partial charge is 0.210 e. The maximum Gasteiger partial charge on any atom is 0.210 e. The molecular weight excluding hydrogens is 329 g/mol. The van der Waals surface area contributed by atoms with Gasteiger partial charge in [-0.3, -0.25) is 4.79 Å². The van der Waals surface area contributed by atoms with Gasteiger partial charge < -0.3 is 9.64 Å². The van der Waals surface area contributed by atoms with E-state index < -0.39 is 0 Å². The fraction of sp³-hybridized carbons (Fsp3) is 0.409. The van der Waals surface area contributed by atoms with Crippen molar-refractivity contribution in [2.45, 2.75) is 44.8 Å². The fourth-order valence-corrected chi connectivity index (χ4v) is 3.37. The Hall–Kier alpha value is -2.20. The van der Waals surface area contributed by atoms with Crippen molar-refractivity contribution < 1.29 is 13.9 Å². The number of nitrogens with zero attached hydrogens (tertiary/aromatic N) is 1. The lowest BCUT2D eigenvalue weighted by Gasteiger charge is -2.35. The summed E-state index contributed by atoms with van der Waals surface area (Å²) in [5, 5.41) is 0. The Balaban J connectivity index is 0.000000290. The third-order valence-corrected chi connectivity index (χ3v) is 4.83. The van der Waals surface area contributed by atoms with Crippen molar-refractivity contribution >= 4 is 6.41 Å². The van der Waals surface area contributed by atoms with Gasteiger partial charge in [0.1, 0.15) is 5.82 Å². The van der Waals surface area contributed by atoms with Crippen LogP contribution in [0.5, 0.6) is 0 Å². The summed E-state index contributed by atoms with van der Waals surface area (Å²) in [6, 6.07) is 6.00. The van der Waals surface area contributed by atoms with E-state index in [0.29, 0.717) is 12.6 Å². The minimum Gasteiger partial charge on any atom is -0.379 e. The number of hydrogen-bond acceptors (Lipinski definition) is 2. The number of rotatable bonds is 4. The predicted molar refractivity (Wildman–Crippen MR) is 103 cm³/mol. The van der Waals surface area contributed by atoms with E-state index in [1.165, 1.54) is 31.4 Å². The average Bonchev–Trinajstić information content (AvgIpc) is 2.68. The van der Waals surface area contributed by atoms with Crippen LogP contribution in [0, 0.1) is 5.82 Å². The van der Waals surface area contributed by atoms with Gasteiger partial charge in [-0.25, -0.2) is 4.39 Å². The highest BCUT2D eigenvalue weighted by Gasteiger charge is 2.27. The Morgan fingerprint density at radius 2 is 1.92 bits per heavy atom. The molecule has 0 unspecified atom stereocenters. The first kappa shape index (κ1) is 20.1. The molecule has 1 aromatic rings. The van der Waals surface area contributed by atoms with Crippen LogP contribution >= 0.6 is 0 Å². The molecule has 0 aromatic heterocycles. The minimum atomic E-state index is -0.287. The highest BCUT2D eigenvalue weighted by Crippen LogP contribution is 2.35. The molecular formula is C22H28FNO2. The van der Waals surface area contributed by atoms with Crippen molar-refractivity contribution in [2.24, 2.45) is 0 Å². The van der Waals surface area contributed by atoms with Crippen molar-refractivity contribution in [2.75, 3.05) is 13.2 Å². The van der Waals surface area contributed by atoms with Gasteiger partial charge in [-0.1, -0.05) is 37.4 Å². The van der Waals surface area contributed by atoms with Gasteiger partial charge in [0.05, 0.1) is 12.1 Å². The Morgan fingerprint density at radius 1 is 1.19 bits per heavy atom. The van der Waals surface area contributed by atoms with Crippen molar-refractivity contribution in [3.05, 3.63) is 72.1 Å². The van der Waals surface area contributed by atoms with E-state index in [2.05, 4.69) is 20.1 Å². The summed E-state index contributed by atoms with van der Waals surface area (Å²) < 4.78 is 18.3. The molecule has 0 aliphatic carbocycles. The first-order valence-corrected chi connectivity index (χ1v) is 9.16. The van der Waals surface area contributed by atoms with E-state index in [1.807, 2.05) is 0 Å². The molecule has 0 bridgehead atoms. The second kappa shape index (κ2) is 10.1. The monoisotopic (exact) mass is 357 g/mol. The summed E-state index contributed by atoms with van der Waals surface area (Å²) in [6.45, 7) is 11.4. The van der Waals surface area contributed by atoms with E-state index in [4.69, 9.17) is 4.74 Å². The van der Waals surface area contributed by atoms with Gasteiger partial charge in [0.2, 0.25) is 6.41 Å². The van der Waals surface area contributed by atoms with Gasteiger partial charge in [0.15, 0.2) is 0 Å². The van der Waals surface area contributed by atoms with Gasteiger partial charge in [-0.15, -0.1) is 0 Å². The quantitative estimate of drug-likeness (QED) is 0.712. The molecule has 0 spiro atoms. The molecule has 1 fully saturated rings. The minimum absolute atomic E-state index is 0.211. The maximum absolute atomic E-state index is 13.0. The molecule has 3 nitrogen and oxygen atoms in total. The Kier molecular flexibility index (Phi) is 7.79. The molecule has 140 valence electrons. The standard InChI is InChI=1S/C16H16FNO.C6H12O/c1-3-12-9-10-18(11-19)16(15(12)4-2)13-5-7-14(17)8-6-13;1-6-4-2-3-5-7-6/h3-8,11,16H,1-2,9-10H2;6H,2-5H2,1H3/t16-;6-/m00/s1. The van der Waals surface area contributed by atoms with Crippen LogP contribution in [-0.4, -0.2) is 30.6 Å². The molecule has 1 saturated heterocycles. The van der Waals surface area contributed by atoms with E-state index in [0.717, 1.165) is 36.1 Å². The third kappa shape index (κ3) is 5.15. The van der Waals surface area contributed by atoms with Gasteiger partial charge in [-0.2, -0.15) is 0 Å². The molecule has 26 heavy (non-hydrogen) atoms. The molecule has 4 heteroatoms.